The molecule has 3 aromatic carbocycles. The van der Waals surface area contributed by atoms with Crippen LogP contribution >= 0.6 is 0 Å². The number of para-hydroxylation sites is 1. The minimum Gasteiger partial charge on any atom is -0.497 e. The summed E-state index contributed by atoms with van der Waals surface area (Å²) in [5.74, 6) is 1.70. The Hall–Kier alpha value is -3.61. The molecule has 2 aliphatic rings. The number of benzene rings is 3. The Labute approximate surface area is 178 Å². The summed E-state index contributed by atoms with van der Waals surface area (Å²) in [5.41, 5.74) is 3.85. The van der Waals surface area contributed by atoms with Gasteiger partial charge in [0.05, 0.1) is 18.9 Å². The Balaban J connectivity index is 1.50. The molecule has 3 aromatic rings. The van der Waals surface area contributed by atoms with Gasteiger partial charge in [-0.2, -0.15) is 13.9 Å². The molecule has 0 saturated carbocycles. The van der Waals surface area contributed by atoms with Gasteiger partial charge in [-0.15, -0.1) is 0 Å². The third-order valence-electron chi connectivity index (χ3n) is 5.51. The molecule has 0 amide bonds. The highest BCUT2D eigenvalue weighted by Crippen LogP contribution is 2.47. The summed E-state index contributed by atoms with van der Waals surface area (Å²) in [7, 11) is 1.64. The number of methoxy groups -OCH3 is 1. The van der Waals surface area contributed by atoms with Gasteiger partial charge in [0, 0.05) is 17.5 Å². The Kier molecular flexibility index (Phi) is 4.94. The maximum absolute atomic E-state index is 12.5. The minimum atomic E-state index is -2.86. The van der Waals surface area contributed by atoms with Crippen LogP contribution in [0.4, 0.5) is 8.78 Å². The standard InChI is InChI=1S/C24H20F2N2O3/c1-29-17-10-6-15(7-11-17)20-14-21-19-4-2-3-5-22(19)31-23(28(21)27-20)16-8-12-18(13-9-16)30-24(25)26/h2-13,21,23-24H,14H2,1H3. The van der Waals surface area contributed by atoms with Crippen molar-refractivity contribution in [3.8, 4) is 17.2 Å². The summed E-state index contributed by atoms with van der Waals surface area (Å²) in [6.45, 7) is -2.86. The number of fused-ring (bicyclic) bond motifs is 3. The second-order valence-corrected chi connectivity index (χ2v) is 7.33. The van der Waals surface area contributed by atoms with Crippen molar-refractivity contribution in [1.82, 2.24) is 5.01 Å². The van der Waals surface area contributed by atoms with Gasteiger partial charge in [-0.1, -0.05) is 18.2 Å². The Morgan fingerprint density at radius 3 is 2.39 bits per heavy atom. The molecule has 0 saturated heterocycles. The van der Waals surface area contributed by atoms with Crippen molar-refractivity contribution >= 4 is 5.71 Å². The topological polar surface area (TPSA) is 43.3 Å². The van der Waals surface area contributed by atoms with Crippen LogP contribution in [0.25, 0.3) is 0 Å². The van der Waals surface area contributed by atoms with Crippen LogP contribution in [-0.4, -0.2) is 24.4 Å². The molecular formula is C24H20F2N2O3. The summed E-state index contributed by atoms with van der Waals surface area (Å²) in [6, 6.07) is 22.3. The summed E-state index contributed by atoms with van der Waals surface area (Å²) in [5, 5.41) is 6.85. The molecule has 0 fully saturated rings. The number of hydrogen-bond donors (Lipinski definition) is 0. The van der Waals surface area contributed by atoms with Crippen LogP contribution in [0.3, 0.4) is 0 Å². The van der Waals surface area contributed by atoms with E-state index in [0.29, 0.717) is 0 Å². The van der Waals surface area contributed by atoms with E-state index in [1.807, 2.05) is 47.5 Å². The SMILES string of the molecule is COc1ccc(C2=NN3C(C2)c2ccccc2OC3c2ccc(OC(F)F)cc2)cc1. The van der Waals surface area contributed by atoms with Gasteiger partial charge in [-0.25, -0.2) is 5.01 Å². The molecule has 0 N–H and O–H groups in total. The van der Waals surface area contributed by atoms with E-state index in [4.69, 9.17) is 14.6 Å². The highest BCUT2D eigenvalue weighted by molar-refractivity contribution is 6.02. The fourth-order valence-electron chi connectivity index (χ4n) is 4.03. The second kappa shape index (κ2) is 7.91. The van der Waals surface area contributed by atoms with E-state index in [1.54, 1.807) is 19.2 Å². The van der Waals surface area contributed by atoms with Crippen molar-refractivity contribution in [3.63, 3.8) is 0 Å². The van der Waals surface area contributed by atoms with Crippen LogP contribution in [0.1, 0.15) is 35.4 Å². The van der Waals surface area contributed by atoms with Gasteiger partial charge >= 0.3 is 6.61 Å². The predicted molar refractivity (Wildman–Crippen MR) is 112 cm³/mol. The van der Waals surface area contributed by atoms with Crippen LogP contribution in [0.15, 0.2) is 77.9 Å². The van der Waals surface area contributed by atoms with Crippen LogP contribution in [0, 0.1) is 0 Å². The first-order chi connectivity index (χ1) is 15.1. The molecular weight excluding hydrogens is 402 g/mol. The lowest BCUT2D eigenvalue weighted by molar-refractivity contribution is -0.0499. The van der Waals surface area contributed by atoms with Crippen molar-refractivity contribution in [2.75, 3.05) is 7.11 Å². The molecule has 31 heavy (non-hydrogen) atoms. The van der Waals surface area contributed by atoms with E-state index >= 15 is 0 Å². The fraction of sp³-hybridized carbons (Fsp3) is 0.208. The molecule has 0 aliphatic carbocycles. The average Bonchev–Trinajstić information content (AvgIpc) is 3.25. The molecule has 0 radical (unpaired) electrons. The zero-order valence-corrected chi connectivity index (χ0v) is 16.7. The highest BCUT2D eigenvalue weighted by Gasteiger charge is 2.40. The van der Waals surface area contributed by atoms with Gasteiger partial charge in [-0.05, 0) is 60.2 Å². The first-order valence-corrected chi connectivity index (χ1v) is 9.93. The fourth-order valence-corrected chi connectivity index (χ4v) is 4.03. The molecule has 5 nitrogen and oxygen atoms in total. The normalized spacial score (nSPS) is 19.4. The molecule has 5 rings (SSSR count). The lowest BCUT2D eigenvalue weighted by Crippen LogP contribution is -2.33. The van der Waals surface area contributed by atoms with Gasteiger partial charge in [0.15, 0.2) is 0 Å². The summed E-state index contributed by atoms with van der Waals surface area (Å²) >= 11 is 0. The van der Waals surface area contributed by atoms with Gasteiger partial charge in [0.1, 0.15) is 17.2 Å². The van der Waals surface area contributed by atoms with Crippen molar-refractivity contribution in [1.29, 1.82) is 0 Å². The maximum atomic E-state index is 12.5. The van der Waals surface area contributed by atoms with E-state index in [9.17, 15) is 8.78 Å². The summed E-state index contributed by atoms with van der Waals surface area (Å²) < 4.78 is 41.0. The number of ether oxygens (including phenoxy) is 3. The largest absolute Gasteiger partial charge is 0.497 e. The van der Waals surface area contributed by atoms with Gasteiger partial charge in [0.2, 0.25) is 6.23 Å². The molecule has 2 heterocycles. The Morgan fingerprint density at radius 1 is 0.968 bits per heavy atom. The number of alkyl halides is 2. The number of nitrogens with zero attached hydrogens (tertiary/aromatic N) is 2. The van der Waals surface area contributed by atoms with Crippen molar-refractivity contribution < 1.29 is 23.0 Å². The van der Waals surface area contributed by atoms with Crippen molar-refractivity contribution in [2.45, 2.75) is 25.3 Å². The Morgan fingerprint density at radius 2 is 1.68 bits per heavy atom. The first-order valence-electron chi connectivity index (χ1n) is 9.93. The molecule has 0 bridgehead atoms. The van der Waals surface area contributed by atoms with Crippen LogP contribution in [-0.2, 0) is 0 Å². The third-order valence-corrected chi connectivity index (χ3v) is 5.51. The monoisotopic (exact) mass is 422 g/mol. The predicted octanol–water partition coefficient (Wildman–Crippen LogP) is 5.54. The van der Waals surface area contributed by atoms with Crippen molar-refractivity contribution in [3.05, 3.63) is 89.5 Å². The molecule has 2 aliphatic heterocycles. The zero-order chi connectivity index (χ0) is 21.4. The van der Waals surface area contributed by atoms with Crippen molar-refractivity contribution in [2.24, 2.45) is 5.10 Å². The van der Waals surface area contributed by atoms with E-state index in [1.165, 1.54) is 12.1 Å². The molecule has 0 spiro atoms. The molecule has 158 valence electrons. The molecule has 7 heteroatoms. The molecule has 0 aromatic heterocycles. The van der Waals surface area contributed by atoms with Gasteiger partial charge < -0.3 is 14.2 Å². The van der Waals surface area contributed by atoms with E-state index in [-0.39, 0.29) is 11.8 Å². The summed E-state index contributed by atoms with van der Waals surface area (Å²) in [6.07, 6.45) is 0.256. The number of hydrogen-bond acceptors (Lipinski definition) is 5. The second-order valence-electron chi connectivity index (χ2n) is 7.33. The smallest absolute Gasteiger partial charge is 0.387 e. The number of hydrazone groups is 1. The first kappa shape index (κ1) is 19.4. The lowest BCUT2D eigenvalue weighted by Gasteiger charge is -2.38. The van der Waals surface area contributed by atoms with Crippen LogP contribution < -0.4 is 14.2 Å². The maximum Gasteiger partial charge on any atom is 0.387 e. The average molecular weight is 422 g/mol. The molecule has 2 unspecified atom stereocenters. The van der Waals surface area contributed by atoms with E-state index in [2.05, 4.69) is 10.8 Å². The Bertz CT molecular complexity index is 1100. The quantitative estimate of drug-likeness (QED) is 0.542. The van der Waals surface area contributed by atoms with Gasteiger partial charge in [0.25, 0.3) is 0 Å². The molecule has 2 atom stereocenters. The van der Waals surface area contributed by atoms with Gasteiger partial charge in [-0.3, -0.25) is 0 Å². The zero-order valence-electron chi connectivity index (χ0n) is 16.7. The van der Waals surface area contributed by atoms with E-state index < -0.39 is 12.8 Å². The van der Waals surface area contributed by atoms with Crippen LogP contribution in [0.2, 0.25) is 0 Å². The van der Waals surface area contributed by atoms with E-state index in [0.717, 1.165) is 40.3 Å². The number of halogens is 2. The minimum absolute atomic E-state index is 0.0176. The van der Waals surface area contributed by atoms with Crippen LogP contribution in [0.5, 0.6) is 17.2 Å². The number of rotatable bonds is 5. The summed E-state index contributed by atoms with van der Waals surface area (Å²) in [4.78, 5) is 0. The highest BCUT2D eigenvalue weighted by atomic mass is 19.3. The third kappa shape index (κ3) is 3.67. The lowest BCUT2D eigenvalue weighted by atomic mass is 9.96.